The number of likely N-dealkylation sites (tertiary alicyclic amines) is 1. The number of hydrogen-bond donors (Lipinski definition) is 0. The minimum atomic E-state index is -0.221. The van der Waals surface area contributed by atoms with E-state index in [4.69, 9.17) is 9.26 Å². The van der Waals surface area contributed by atoms with Gasteiger partial charge in [-0.1, -0.05) is 23.4 Å². The molecule has 1 atom stereocenters. The fourth-order valence-electron chi connectivity index (χ4n) is 3.55. The van der Waals surface area contributed by atoms with Crippen molar-refractivity contribution in [3.63, 3.8) is 0 Å². The van der Waals surface area contributed by atoms with E-state index in [1.807, 2.05) is 30.3 Å². The number of para-hydroxylation sites is 1. The first-order chi connectivity index (χ1) is 14.1. The maximum atomic E-state index is 13.0. The van der Waals surface area contributed by atoms with E-state index >= 15 is 0 Å². The van der Waals surface area contributed by atoms with E-state index in [1.165, 1.54) is 0 Å². The maximum absolute atomic E-state index is 13.0. The van der Waals surface area contributed by atoms with Gasteiger partial charge in [-0.05, 0) is 56.2 Å². The van der Waals surface area contributed by atoms with Crippen LogP contribution in [-0.4, -0.2) is 34.8 Å². The Balaban J connectivity index is 1.41. The largest absolute Gasteiger partial charge is 0.457 e. The lowest BCUT2D eigenvalue weighted by Crippen LogP contribution is -2.42. The van der Waals surface area contributed by atoms with Gasteiger partial charge in [0.25, 0.3) is 5.91 Å². The van der Waals surface area contributed by atoms with Crippen molar-refractivity contribution in [2.75, 3.05) is 13.1 Å². The zero-order valence-electron chi connectivity index (χ0n) is 16.2. The number of aromatic nitrogens is 1. The number of carbonyl (C=O) groups is 2. The molecule has 148 valence electrons. The predicted molar refractivity (Wildman–Crippen MR) is 107 cm³/mol. The highest BCUT2D eigenvalue weighted by Gasteiger charge is 2.30. The Hall–Kier alpha value is -3.41. The summed E-state index contributed by atoms with van der Waals surface area (Å²) in [6.45, 7) is 2.77. The third kappa shape index (κ3) is 4.37. The van der Waals surface area contributed by atoms with Crippen molar-refractivity contribution >= 4 is 11.7 Å². The van der Waals surface area contributed by atoms with Gasteiger partial charge >= 0.3 is 0 Å². The van der Waals surface area contributed by atoms with Gasteiger partial charge in [0.2, 0.25) is 0 Å². The highest BCUT2D eigenvalue weighted by Crippen LogP contribution is 2.25. The number of hydrogen-bond acceptors (Lipinski definition) is 5. The number of rotatable bonds is 5. The molecule has 4 rings (SSSR count). The quantitative estimate of drug-likeness (QED) is 0.599. The topological polar surface area (TPSA) is 72.6 Å². The molecule has 0 N–H and O–H groups in total. The first-order valence-electron chi connectivity index (χ1n) is 9.70. The summed E-state index contributed by atoms with van der Waals surface area (Å²) in [7, 11) is 0. The lowest BCUT2D eigenvalue weighted by atomic mass is 9.90. The Morgan fingerprint density at radius 2 is 1.79 bits per heavy atom. The van der Waals surface area contributed by atoms with Crippen LogP contribution in [0.5, 0.6) is 11.5 Å². The molecule has 0 bridgehead atoms. The Labute approximate surface area is 169 Å². The van der Waals surface area contributed by atoms with Gasteiger partial charge in [-0.3, -0.25) is 9.59 Å². The van der Waals surface area contributed by atoms with Crippen LogP contribution in [-0.2, 0) is 0 Å². The molecule has 29 heavy (non-hydrogen) atoms. The molecule has 1 amide bonds. The molecule has 6 heteroatoms. The van der Waals surface area contributed by atoms with Crippen LogP contribution < -0.4 is 4.74 Å². The van der Waals surface area contributed by atoms with Gasteiger partial charge in [-0.15, -0.1) is 0 Å². The summed E-state index contributed by atoms with van der Waals surface area (Å²) < 4.78 is 10.8. The predicted octanol–water partition coefficient (Wildman–Crippen LogP) is 4.51. The van der Waals surface area contributed by atoms with Gasteiger partial charge in [0.1, 0.15) is 17.3 Å². The van der Waals surface area contributed by atoms with E-state index in [0.717, 1.165) is 18.6 Å². The zero-order chi connectivity index (χ0) is 20.2. The summed E-state index contributed by atoms with van der Waals surface area (Å²) in [6.07, 6.45) is 1.55. The van der Waals surface area contributed by atoms with Crippen molar-refractivity contribution in [2.45, 2.75) is 19.8 Å². The van der Waals surface area contributed by atoms with Crippen LogP contribution in [0.25, 0.3) is 0 Å². The molecule has 1 aliphatic rings. The number of amides is 1. The normalized spacial score (nSPS) is 16.4. The van der Waals surface area contributed by atoms with Gasteiger partial charge in [0, 0.05) is 30.6 Å². The lowest BCUT2D eigenvalue weighted by molar-refractivity contribution is 0.0628. The molecule has 1 fully saturated rings. The Bertz CT molecular complexity index is 995. The number of benzene rings is 2. The van der Waals surface area contributed by atoms with Crippen molar-refractivity contribution in [1.29, 1.82) is 0 Å². The highest BCUT2D eigenvalue weighted by atomic mass is 16.5. The molecule has 1 aromatic heterocycles. The molecule has 0 saturated carbocycles. The van der Waals surface area contributed by atoms with Gasteiger partial charge in [0.05, 0.1) is 0 Å². The van der Waals surface area contributed by atoms with Crippen LogP contribution in [0.15, 0.2) is 65.2 Å². The molecule has 2 heterocycles. The lowest BCUT2D eigenvalue weighted by Gasteiger charge is -2.31. The highest BCUT2D eigenvalue weighted by molar-refractivity contribution is 5.99. The summed E-state index contributed by atoms with van der Waals surface area (Å²) >= 11 is 0. The molecule has 1 saturated heterocycles. The van der Waals surface area contributed by atoms with Crippen LogP contribution in [0, 0.1) is 12.8 Å². The second-order valence-electron chi connectivity index (χ2n) is 7.22. The van der Waals surface area contributed by atoms with E-state index in [0.29, 0.717) is 30.2 Å². The average molecular weight is 390 g/mol. The number of aryl methyl sites for hydroxylation is 1. The van der Waals surface area contributed by atoms with Gasteiger partial charge < -0.3 is 14.2 Å². The zero-order valence-corrected chi connectivity index (χ0v) is 16.2. The number of piperidine rings is 1. The third-order valence-corrected chi connectivity index (χ3v) is 5.04. The Morgan fingerprint density at radius 1 is 1.07 bits per heavy atom. The summed E-state index contributed by atoms with van der Waals surface area (Å²) in [4.78, 5) is 27.3. The standard InChI is InChI=1S/C23H22N2O4/c1-16-14-21(24-29-16)23(27)25-13-5-6-18(15-25)22(26)17-9-11-20(12-10-17)28-19-7-3-2-4-8-19/h2-4,7-12,14,18H,5-6,13,15H2,1H3/t18-/m1/s1. The minimum absolute atomic E-state index is 0.0464. The summed E-state index contributed by atoms with van der Waals surface area (Å²) in [5.41, 5.74) is 0.917. The number of ketones is 1. The van der Waals surface area contributed by atoms with Crippen LogP contribution in [0.3, 0.4) is 0 Å². The second-order valence-corrected chi connectivity index (χ2v) is 7.22. The van der Waals surface area contributed by atoms with Crippen LogP contribution in [0.1, 0.15) is 39.4 Å². The van der Waals surface area contributed by atoms with Crippen molar-refractivity contribution in [3.05, 3.63) is 77.7 Å². The Kier molecular flexibility index (Phi) is 5.42. The van der Waals surface area contributed by atoms with Crippen LogP contribution in [0.2, 0.25) is 0 Å². The number of ether oxygens (including phenoxy) is 1. The molecular weight excluding hydrogens is 368 g/mol. The fourth-order valence-corrected chi connectivity index (χ4v) is 3.55. The molecular formula is C23H22N2O4. The van der Waals surface area contributed by atoms with Gasteiger partial charge in [-0.25, -0.2) is 0 Å². The summed E-state index contributed by atoms with van der Waals surface area (Å²) in [6, 6.07) is 18.3. The smallest absolute Gasteiger partial charge is 0.276 e. The van der Waals surface area contributed by atoms with Crippen molar-refractivity contribution in [2.24, 2.45) is 5.92 Å². The first-order valence-corrected chi connectivity index (χ1v) is 9.70. The fraction of sp³-hybridized carbons (Fsp3) is 0.261. The van der Waals surface area contributed by atoms with Crippen molar-refractivity contribution < 1.29 is 18.8 Å². The molecule has 2 aromatic carbocycles. The van der Waals surface area contributed by atoms with E-state index < -0.39 is 0 Å². The van der Waals surface area contributed by atoms with Gasteiger partial charge in [0.15, 0.2) is 11.5 Å². The van der Waals surface area contributed by atoms with Crippen molar-refractivity contribution in [3.8, 4) is 11.5 Å². The molecule has 6 nitrogen and oxygen atoms in total. The third-order valence-electron chi connectivity index (χ3n) is 5.04. The molecule has 0 aliphatic carbocycles. The van der Waals surface area contributed by atoms with Crippen LogP contribution >= 0.6 is 0 Å². The van der Waals surface area contributed by atoms with Crippen molar-refractivity contribution in [1.82, 2.24) is 10.1 Å². The molecule has 3 aromatic rings. The minimum Gasteiger partial charge on any atom is -0.457 e. The number of carbonyl (C=O) groups excluding carboxylic acids is 2. The second kappa shape index (κ2) is 8.31. The number of nitrogens with zero attached hydrogens (tertiary/aromatic N) is 2. The van der Waals surface area contributed by atoms with Crippen LogP contribution in [0.4, 0.5) is 0 Å². The first kappa shape index (κ1) is 18.9. The Morgan fingerprint density at radius 3 is 2.48 bits per heavy atom. The summed E-state index contributed by atoms with van der Waals surface area (Å²) in [5, 5.41) is 3.80. The van der Waals surface area contributed by atoms with E-state index in [-0.39, 0.29) is 23.3 Å². The number of Topliss-reactive ketones (excluding diaryl/α,β-unsaturated/α-hetero) is 1. The monoisotopic (exact) mass is 390 g/mol. The van der Waals surface area contributed by atoms with Gasteiger partial charge in [-0.2, -0.15) is 0 Å². The van der Waals surface area contributed by atoms with E-state index in [1.54, 1.807) is 42.2 Å². The summed E-state index contributed by atoms with van der Waals surface area (Å²) in [5.74, 6) is 1.65. The SMILES string of the molecule is Cc1cc(C(=O)N2CCC[C@@H](C(=O)c3ccc(Oc4ccccc4)cc3)C2)no1. The molecule has 0 unspecified atom stereocenters. The average Bonchev–Trinajstić information content (AvgIpc) is 3.20. The van der Waals surface area contributed by atoms with E-state index in [9.17, 15) is 9.59 Å². The molecule has 0 spiro atoms. The molecule has 0 radical (unpaired) electrons. The maximum Gasteiger partial charge on any atom is 0.276 e. The van der Waals surface area contributed by atoms with E-state index in [2.05, 4.69) is 5.16 Å². The molecule has 1 aliphatic heterocycles.